The number of aromatic nitrogens is 3. The Morgan fingerprint density at radius 1 is 1.08 bits per heavy atom. The van der Waals surface area contributed by atoms with Gasteiger partial charge in [0.1, 0.15) is 17.4 Å². The number of carbonyl (C=O) groups is 1. The standard InChI is InChI=1S/C24H27ClF2N6O2.C2H4/c1-2-10-28-12-17-7-3-4-8-18(17)13-30-21(34)15-33-20(25)14-31-22(23(33)35)32-16-24(26,27)19-9-5-6-11-29-19;1-2/h3-9,11,14,28H,2,10,12-13,15-16H2,1H3,(H,30,34)(H,31,32);1-2H2. The molecule has 0 saturated carbocycles. The molecule has 0 fully saturated rings. The van der Waals surface area contributed by atoms with Gasteiger partial charge >= 0.3 is 5.92 Å². The molecule has 0 atom stereocenters. The molecule has 3 N–H and O–H groups in total. The summed E-state index contributed by atoms with van der Waals surface area (Å²) in [6, 6.07) is 11.9. The van der Waals surface area contributed by atoms with Crippen LogP contribution >= 0.6 is 11.6 Å². The Morgan fingerprint density at radius 2 is 1.76 bits per heavy atom. The summed E-state index contributed by atoms with van der Waals surface area (Å²) >= 11 is 6.07. The molecule has 0 saturated heterocycles. The van der Waals surface area contributed by atoms with E-state index >= 15 is 0 Å². The van der Waals surface area contributed by atoms with Crippen molar-refractivity contribution in [3.05, 3.63) is 100 Å². The molecule has 2 heterocycles. The molecular weight excluding hydrogens is 502 g/mol. The zero-order valence-corrected chi connectivity index (χ0v) is 21.4. The third-order valence-electron chi connectivity index (χ3n) is 5.16. The number of nitrogens with one attached hydrogen (secondary N) is 3. The average Bonchev–Trinajstić information content (AvgIpc) is 2.92. The number of nitrogens with zero attached hydrogens (tertiary/aromatic N) is 3. The molecule has 2 aromatic heterocycles. The first-order chi connectivity index (χ1) is 17.8. The maximum absolute atomic E-state index is 14.4. The number of hydrogen-bond donors (Lipinski definition) is 3. The molecule has 0 aliphatic rings. The predicted octanol–water partition coefficient (Wildman–Crippen LogP) is 4.11. The molecule has 0 aliphatic heterocycles. The minimum absolute atomic E-state index is 0.0867. The van der Waals surface area contributed by atoms with E-state index in [2.05, 4.69) is 46.0 Å². The highest BCUT2D eigenvalue weighted by Crippen LogP contribution is 2.25. The van der Waals surface area contributed by atoms with E-state index in [1.807, 2.05) is 24.3 Å². The number of carbonyl (C=O) groups excluding carboxylic acids is 1. The van der Waals surface area contributed by atoms with Crippen LogP contribution in [0.2, 0.25) is 5.15 Å². The third-order valence-corrected chi connectivity index (χ3v) is 5.46. The molecule has 37 heavy (non-hydrogen) atoms. The van der Waals surface area contributed by atoms with E-state index in [9.17, 15) is 18.4 Å². The molecule has 8 nitrogen and oxygen atoms in total. The summed E-state index contributed by atoms with van der Waals surface area (Å²) in [5, 5.41) is 8.37. The second-order valence-electron chi connectivity index (χ2n) is 7.82. The molecule has 0 bridgehead atoms. The van der Waals surface area contributed by atoms with E-state index in [-0.39, 0.29) is 24.1 Å². The Morgan fingerprint density at radius 3 is 2.41 bits per heavy atom. The zero-order valence-electron chi connectivity index (χ0n) is 20.6. The van der Waals surface area contributed by atoms with Gasteiger partial charge in [-0.2, -0.15) is 8.78 Å². The van der Waals surface area contributed by atoms with Gasteiger partial charge in [0, 0.05) is 19.3 Å². The normalized spacial score (nSPS) is 10.8. The maximum Gasteiger partial charge on any atom is 0.306 e. The number of pyridine rings is 1. The summed E-state index contributed by atoms with van der Waals surface area (Å²) in [4.78, 5) is 32.8. The lowest BCUT2D eigenvalue weighted by Crippen LogP contribution is -2.35. The second-order valence-corrected chi connectivity index (χ2v) is 8.20. The molecule has 1 aromatic carbocycles. The van der Waals surface area contributed by atoms with E-state index in [4.69, 9.17) is 11.6 Å². The van der Waals surface area contributed by atoms with Gasteiger partial charge in [-0.05, 0) is 36.2 Å². The van der Waals surface area contributed by atoms with Crippen LogP contribution in [0.25, 0.3) is 0 Å². The summed E-state index contributed by atoms with van der Waals surface area (Å²) in [6.45, 7) is 8.62. The Bertz CT molecular complexity index is 1210. The first-order valence-corrected chi connectivity index (χ1v) is 12.0. The van der Waals surface area contributed by atoms with Crippen LogP contribution in [-0.4, -0.2) is 33.5 Å². The van der Waals surface area contributed by atoms with Crippen molar-refractivity contribution in [1.29, 1.82) is 0 Å². The van der Waals surface area contributed by atoms with Crippen LogP contribution in [-0.2, 0) is 30.4 Å². The molecule has 3 aromatic rings. The number of hydrogen-bond acceptors (Lipinski definition) is 6. The summed E-state index contributed by atoms with van der Waals surface area (Å²) in [5.74, 6) is -4.14. The highest BCUT2D eigenvalue weighted by Gasteiger charge is 2.33. The number of rotatable bonds is 12. The first-order valence-electron chi connectivity index (χ1n) is 11.6. The van der Waals surface area contributed by atoms with Crippen LogP contribution in [0, 0.1) is 0 Å². The van der Waals surface area contributed by atoms with Crippen LogP contribution in [0.1, 0.15) is 30.2 Å². The summed E-state index contributed by atoms with van der Waals surface area (Å²) < 4.78 is 29.8. The van der Waals surface area contributed by atoms with Gasteiger partial charge in [-0.25, -0.2) is 4.98 Å². The fourth-order valence-electron chi connectivity index (χ4n) is 3.30. The summed E-state index contributed by atoms with van der Waals surface area (Å²) in [7, 11) is 0. The molecule has 0 radical (unpaired) electrons. The van der Waals surface area contributed by atoms with Crippen molar-refractivity contribution in [2.45, 2.75) is 38.9 Å². The minimum Gasteiger partial charge on any atom is -0.359 e. The van der Waals surface area contributed by atoms with Crippen molar-refractivity contribution in [3.63, 3.8) is 0 Å². The molecule has 11 heteroatoms. The topological polar surface area (TPSA) is 101 Å². The molecule has 0 aliphatic carbocycles. The molecule has 0 unspecified atom stereocenters. The zero-order chi connectivity index (χ0) is 27.3. The molecule has 198 valence electrons. The van der Waals surface area contributed by atoms with Gasteiger partial charge in [0.2, 0.25) is 5.91 Å². The number of anilines is 1. The van der Waals surface area contributed by atoms with Crippen molar-refractivity contribution in [2.75, 3.05) is 18.4 Å². The Hall–Kier alpha value is -3.63. The average molecular weight is 533 g/mol. The van der Waals surface area contributed by atoms with Crippen LogP contribution in [0.15, 0.2) is 72.8 Å². The first kappa shape index (κ1) is 29.6. The molecular formula is C26H31ClF2N6O2. The van der Waals surface area contributed by atoms with E-state index in [1.165, 1.54) is 24.4 Å². The fraction of sp³-hybridized carbons (Fsp3) is 0.308. The van der Waals surface area contributed by atoms with Gasteiger partial charge in [-0.1, -0.05) is 48.9 Å². The Labute approximate surface area is 219 Å². The number of halogens is 3. The van der Waals surface area contributed by atoms with Gasteiger partial charge in [0.25, 0.3) is 5.56 Å². The third kappa shape index (κ3) is 8.76. The SMILES string of the molecule is C=C.CCCNCc1ccccc1CNC(=O)Cn1c(Cl)cnc(NCC(F)(F)c2ccccn2)c1=O. The lowest BCUT2D eigenvalue weighted by atomic mass is 10.1. The number of benzene rings is 1. The summed E-state index contributed by atoms with van der Waals surface area (Å²) in [6.07, 6.45) is 3.40. The molecule has 3 rings (SSSR count). The highest BCUT2D eigenvalue weighted by atomic mass is 35.5. The van der Waals surface area contributed by atoms with Crippen molar-refractivity contribution in [3.8, 4) is 0 Å². The van der Waals surface area contributed by atoms with E-state index in [0.29, 0.717) is 6.54 Å². The van der Waals surface area contributed by atoms with Gasteiger partial charge < -0.3 is 16.0 Å². The van der Waals surface area contributed by atoms with Crippen molar-refractivity contribution in [1.82, 2.24) is 25.2 Å². The highest BCUT2D eigenvalue weighted by molar-refractivity contribution is 6.29. The lowest BCUT2D eigenvalue weighted by molar-refractivity contribution is -0.121. The monoisotopic (exact) mass is 532 g/mol. The predicted molar refractivity (Wildman–Crippen MR) is 142 cm³/mol. The van der Waals surface area contributed by atoms with Gasteiger partial charge in [-0.15, -0.1) is 13.2 Å². The van der Waals surface area contributed by atoms with E-state index < -0.39 is 29.6 Å². The maximum atomic E-state index is 14.4. The summed E-state index contributed by atoms with van der Waals surface area (Å²) in [5.41, 5.74) is 0.775. The van der Waals surface area contributed by atoms with Crippen LogP contribution in [0.5, 0.6) is 0 Å². The fourth-order valence-corrected chi connectivity index (χ4v) is 3.48. The van der Waals surface area contributed by atoms with Gasteiger partial charge in [0.15, 0.2) is 5.82 Å². The smallest absolute Gasteiger partial charge is 0.306 e. The lowest BCUT2D eigenvalue weighted by Gasteiger charge is -2.17. The van der Waals surface area contributed by atoms with Gasteiger partial charge in [-0.3, -0.25) is 19.1 Å². The second kappa shape index (κ2) is 14.8. The van der Waals surface area contributed by atoms with Crippen LogP contribution in [0.4, 0.5) is 14.6 Å². The van der Waals surface area contributed by atoms with Crippen LogP contribution in [0.3, 0.4) is 0 Å². The largest absolute Gasteiger partial charge is 0.359 e. The molecule has 1 amide bonds. The van der Waals surface area contributed by atoms with Gasteiger partial charge in [0.05, 0.1) is 12.7 Å². The number of amides is 1. The van der Waals surface area contributed by atoms with Crippen molar-refractivity contribution >= 4 is 23.3 Å². The Balaban J connectivity index is 0.00000235. The number of alkyl halides is 2. The van der Waals surface area contributed by atoms with E-state index in [0.717, 1.165) is 34.9 Å². The van der Waals surface area contributed by atoms with Crippen molar-refractivity contribution in [2.24, 2.45) is 0 Å². The Kier molecular flexibility index (Phi) is 11.9. The molecule has 0 spiro atoms. The van der Waals surface area contributed by atoms with Crippen molar-refractivity contribution < 1.29 is 13.6 Å². The minimum atomic E-state index is -3.34. The van der Waals surface area contributed by atoms with Crippen LogP contribution < -0.4 is 21.5 Å². The quantitative estimate of drug-likeness (QED) is 0.240. The van der Waals surface area contributed by atoms with E-state index in [1.54, 1.807) is 0 Å².